The van der Waals surface area contributed by atoms with E-state index >= 15 is 0 Å². The molecule has 0 aliphatic heterocycles. The first-order chi connectivity index (χ1) is 18.0. The largest absolute Gasteiger partial charge is 0.354 e. The zero-order valence-corrected chi connectivity index (χ0v) is 20.3. The van der Waals surface area contributed by atoms with Crippen molar-refractivity contribution in [1.29, 1.82) is 0 Å². The molecule has 0 saturated heterocycles. The molecule has 37 heavy (non-hydrogen) atoms. The van der Waals surface area contributed by atoms with E-state index in [1.54, 1.807) is 30.3 Å². The maximum absolute atomic E-state index is 13.5. The smallest absolute Gasteiger partial charge is 0.255 e. The number of carbonyl (C=O) groups is 2. The Hall–Kier alpha value is -4.71. The summed E-state index contributed by atoms with van der Waals surface area (Å²) in [5, 5.41) is 6.95. The van der Waals surface area contributed by atoms with Crippen LogP contribution in [-0.2, 0) is 11.2 Å². The van der Waals surface area contributed by atoms with Crippen molar-refractivity contribution in [2.24, 2.45) is 0 Å². The first kappa shape index (κ1) is 24.0. The molecule has 4 aromatic carbocycles. The van der Waals surface area contributed by atoms with Crippen LogP contribution < -0.4 is 10.6 Å². The van der Waals surface area contributed by atoms with Gasteiger partial charge in [0.05, 0.1) is 0 Å². The fraction of sp³-hybridized carbons (Fsp3) is 0.0968. The van der Waals surface area contributed by atoms with Crippen LogP contribution in [0.3, 0.4) is 0 Å². The third-order valence-electron chi connectivity index (χ3n) is 6.44. The second kappa shape index (κ2) is 10.5. The molecular formula is C31H26FN3O2. The summed E-state index contributed by atoms with van der Waals surface area (Å²) in [5.74, 6) is -0.636. The highest BCUT2D eigenvalue weighted by molar-refractivity contribution is 6.05. The zero-order valence-electron chi connectivity index (χ0n) is 20.3. The summed E-state index contributed by atoms with van der Waals surface area (Å²) in [6.45, 7) is 1.86. The summed E-state index contributed by atoms with van der Waals surface area (Å²) in [6.07, 6.45) is 0.766. The molecule has 1 aromatic heterocycles. The number of para-hydroxylation sites is 1. The molecule has 0 aliphatic rings. The summed E-state index contributed by atoms with van der Waals surface area (Å²) >= 11 is 0. The van der Waals surface area contributed by atoms with Gasteiger partial charge in [0, 0.05) is 40.0 Å². The molecule has 0 fully saturated rings. The summed E-state index contributed by atoms with van der Waals surface area (Å²) in [6, 6.07) is 28.7. The number of carbonyl (C=O) groups excluding carboxylic acids is 2. The molecule has 2 amide bonds. The quantitative estimate of drug-likeness (QED) is 0.227. The molecule has 0 spiro atoms. The van der Waals surface area contributed by atoms with Crippen LogP contribution in [0.1, 0.15) is 27.9 Å². The maximum atomic E-state index is 13.5. The van der Waals surface area contributed by atoms with Gasteiger partial charge in [-0.05, 0) is 84.6 Å². The monoisotopic (exact) mass is 491 g/mol. The lowest BCUT2D eigenvalue weighted by Crippen LogP contribution is -2.16. The molecule has 1 heterocycles. The van der Waals surface area contributed by atoms with Gasteiger partial charge in [0.25, 0.3) is 5.91 Å². The Morgan fingerprint density at radius 2 is 1.46 bits per heavy atom. The van der Waals surface area contributed by atoms with E-state index in [1.807, 2.05) is 61.5 Å². The number of hydrogen-bond acceptors (Lipinski definition) is 2. The lowest BCUT2D eigenvalue weighted by molar-refractivity contribution is -0.116. The van der Waals surface area contributed by atoms with Crippen LogP contribution in [0, 0.1) is 12.7 Å². The Balaban J connectivity index is 1.32. The lowest BCUT2D eigenvalue weighted by atomic mass is 10.0. The molecule has 0 bridgehead atoms. The van der Waals surface area contributed by atoms with Crippen molar-refractivity contribution in [2.45, 2.75) is 19.8 Å². The Morgan fingerprint density at radius 1 is 0.784 bits per heavy atom. The van der Waals surface area contributed by atoms with Crippen molar-refractivity contribution in [3.63, 3.8) is 0 Å². The van der Waals surface area contributed by atoms with E-state index in [0.717, 1.165) is 33.3 Å². The van der Waals surface area contributed by atoms with Crippen LogP contribution in [0.15, 0.2) is 97.1 Å². The zero-order chi connectivity index (χ0) is 25.8. The molecule has 3 N–H and O–H groups in total. The average molecular weight is 492 g/mol. The molecule has 0 radical (unpaired) electrons. The highest BCUT2D eigenvalue weighted by atomic mass is 19.1. The van der Waals surface area contributed by atoms with E-state index in [0.29, 0.717) is 23.4 Å². The fourth-order valence-electron chi connectivity index (χ4n) is 4.46. The minimum Gasteiger partial charge on any atom is -0.354 e. The Labute approximate surface area is 214 Å². The minimum absolute atomic E-state index is 0.134. The van der Waals surface area contributed by atoms with Crippen molar-refractivity contribution >= 4 is 34.1 Å². The van der Waals surface area contributed by atoms with Crippen LogP contribution >= 0.6 is 0 Å². The molecule has 5 rings (SSSR count). The van der Waals surface area contributed by atoms with Gasteiger partial charge in [-0.3, -0.25) is 9.59 Å². The predicted octanol–water partition coefficient (Wildman–Crippen LogP) is 7.11. The first-order valence-corrected chi connectivity index (χ1v) is 12.1. The van der Waals surface area contributed by atoms with Crippen molar-refractivity contribution in [3.05, 3.63) is 120 Å². The van der Waals surface area contributed by atoms with Crippen molar-refractivity contribution < 1.29 is 14.0 Å². The van der Waals surface area contributed by atoms with E-state index in [4.69, 9.17) is 0 Å². The summed E-state index contributed by atoms with van der Waals surface area (Å²) in [7, 11) is 0. The molecule has 184 valence electrons. The van der Waals surface area contributed by atoms with E-state index in [1.165, 1.54) is 12.1 Å². The Morgan fingerprint density at radius 3 is 2.22 bits per heavy atom. The van der Waals surface area contributed by atoms with Crippen molar-refractivity contribution in [3.8, 4) is 11.3 Å². The molecule has 0 aliphatic carbocycles. The van der Waals surface area contributed by atoms with Crippen molar-refractivity contribution in [1.82, 2.24) is 4.98 Å². The number of rotatable bonds is 7. The molecular weight excluding hydrogens is 465 g/mol. The van der Waals surface area contributed by atoms with Gasteiger partial charge in [0.1, 0.15) is 5.82 Å². The number of aromatic nitrogens is 1. The number of H-pyrrole nitrogens is 1. The molecule has 5 aromatic rings. The topological polar surface area (TPSA) is 74.0 Å². The van der Waals surface area contributed by atoms with Crippen LogP contribution in [0.4, 0.5) is 15.8 Å². The summed E-state index contributed by atoms with van der Waals surface area (Å²) in [4.78, 5) is 29.0. The third-order valence-corrected chi connectivity index (χ3v) is 6.44. The molecule has 0 unspecified atom stereocenters. The highest BCUT2D eigenvalue weighted by Crippen LogP contribution is 2.32. The third kappa shape index (κ3) is 5.28. The second-order valence-electron chi connectivity index (χ2n) is 8.88. The number of nitrogens with one attached hydrogen (secondary N) is 3. The van der Waals surface area contributed by atoms with E-state index in [2.05, 4.69) is 15.6 Å². The van der Waals surface area contributed by atoms with Gasteiger partial charge in [-0.1, -0.05) is 42.5 Å². The standard InChI is InChI=1S/C31H26FN3O2/c1-20-26(12-7-13-27(20)35-31(37)22-8-3-2-4-9-22)33-29(36)19-18-25-24-10-5-6-11-28(24)34-30(25)21-14-16-23(32)17-15-21/h2-17,34H,18-19H2,1H3,(H,33,36)(H,35,37). The number of amides is 2. The van der Waals surface area contributed by atoms with E-state index in [9.17, 15) is 14.0 Å². The summed E-state index contributed by atoms with van der Waals surface area (Å²) in [5.41, 5.74) is 6.36. The number of anilines is 2. The second-order valence-corrected chi connectivity index (χ2v) is 8.88. The van der Waals surface area contributed by atoms with Crippen LogP contribution in [0.2, 0.25) is 0 Å². The van der Waals surface area contributed by atoms with E-state index < -0.39 is 0 Å². The predicted molar refractivity (Wildman–Crippen MR) is 146 cm³/mol. The number of benzene rings is 4. The Bertz CT molecular complexity index is 1570. The number of halogens is 1. The number of fused-ring (bicyclic) bond motifs is 1. The summed E-state index contributed by atoms with van der Waals surface area (Å²) < 4.78 is 13.5. The molecule has 0 saturated carbocycles. The minimum atomic E-state index is -0.293. The molecule has 0 atom stereocenters. The van der Waals surface area contributed by atoms with Crippen LogP contribution in [0.5, 0.6) is 0 Å². The maximum Gasteiger partial charge on any atom is 0.255 e. The first-order valence-electron chi connectivity index (χ1n) is 12.1. The molecule has 6 heteroatoms. The fourth-order valence-corrected chi connectivity index (χ4v) is 4.46. The number of aryl methyl sites for hydroxylation is 1. The Kier molecular flexibility index (Phi) is 6.81. The van der Waals surface area contributed by atoms with E-state index in [-0.39, 0.29) is 24.1 Å². The SMILES string of the molecule is Cc1c(NC(=O)CCc2c(-c3ccc(F)cc3)[nH]c3ccccc23)cccc1NC(=O)c1ccccc1. The lowest BCUT2D eigenvalue weighted by Gasteiger charge is -2.14. The van der Waals surface area contributed by atoms with Gasteiger partial charge in [-0.15, -0.1) is 0 Å². The van der Waals surface area contributed by atoms with Gasteiger partial charge in [-0.25, -0.2) is 4.39 Å². The van der Waals surface area contributed by atoms with Gasteiger partial charge < -0.3 is 15.6 Å². The number of aromatic amines is 1. The number of hydrogen-bond donors (Lipinski definition) is 3. The van der Waals surface area contributed by atoms with Crippen LogP contribution in [-0.4, -0.2) is 16.8 Å². The van der Waals surface area contributed by atoms with Gasteiger partial charge >= 0.3 is 0 Å². The van der Waals surface area contributed by atoms with Gasteiger partial charge in [-0.2, -0.15) is 0 Å². The normalized spacial score (nSPS) is 10.9. The molecule has 5 nitrogen and oxygen atoms in total. The highest BCUT2D eigenvalue weighted by Gasteiger charge is 2.16. The van der Waals surface area contributed by atoms with Gasteiger partial charge in [0.15, 0.2) is 0 Å². The van der Waals surface area contributed by atoms with Crippen molar-refractivity contribution in [2.75, 3.05) is 10.6 Å². The average Bonchev–Trinajstić information content (AvgIpc) is 3.29. The van der Waals surface area contributed by atoms with Crippen LogP contribution in [0.25, 0.3) is 22.2 Å². The van der Waals surface area contributed by atoms with Gasteiger partial charge in [0.2, 0.25) is 5.91 Å².